The van der Waals surface area contributed by atoms with Gasteiger partial charge in [0.2, 0.25) is 0 Å². The number of aliphatic hydroxyl groups is 1. The number of carbonyl (C=O) groups excluding carboxylic acids is 1. The average molecular weight is 461 g/mol. The van der Waals surface area contributed by atoms with E-state index in [1.165, 1.54) is 11.3 Å². The number of rotatable bonds is 6. The Bertz CT molecular complexity index is 859. The molecule has 1 aromatic carbocycles. The first kappa shape index (κ1) is 23.4. The average Bonchev–Trinajstić information content (AvgIpc) is 2.93. The van der Waals surface area contributed by atoms with E-state index in [1.54, 1.807) is 19.9 Å². The molecule has 0 spiro atoms. The molecule has 0 atom stereocenters. The second-order valence-electron chi connectivity index (χ2n) is 7.70. The van der Waals surface area contributed by atoms with E-state index in [4.69, 9.17) is 23.2 Å². The molecule has 2 rings (SSSR count). The van der Waals surface area contributed by atoms with Crippen molar-refractivity contribution in [2.24, 2.45) is 0 Å². The van der Waals surface area contributed by atoms with Gasteiger partial charge >= 0.3 is 6.03 Å². The minimum atomic E-state index is -1.03. The molecule has 1 aromatic heterocycles. The van der Waals surface area contributed by atoms with Crippen molar-refractivity contribution in [3.63, 3.8) is 0 Å². The van der Waals surface area contributed by atoms with Crippen LogP contribution in [0.25, 0.3) is 0 Å². The van der Waals surface area contributed by atoms with Crippen LogP contribution in [0.5, 0.6) is 0 Å². The van der Waals surface area contributed by atoms with Crippen molar-refractivity contribution in [3.8, 4) is 0 Å². The van der Waals surface area contributed by atoms with E-state index < -0.39 is 5.60 Å². The monoisotopic (exact) mass is 460 g/mol. The maximum Gasteiger partial charge on any atom is 0.329 e. The fraction of sp³-hybridized carbons (Fsp3) is 0.450. The lowest BCUT2D eigenvalue weighted by Gasteiger charge is -2.21. The van der Waals surface area contributed by atoms with E-state index in [1.807, 2.05) is 12.1 Å². The number of urea groups is 1. The van der Waals surface area contributed by atoms with Crippen molar-refractivity contribution in [2.45, 2.75) is 63.2 Å². The Morgan fingerprint density at radius 3 is 2.32 bits per heavy atom. The molecule has 0 radical (unpaired) electrons. The van der Waals surface area contributed by atoms with E-state index >= 15 is 0 Å². The second kappa shape index (κ2) is 9.26. The molecule has 0 saturated carbocycles. The van der Waals surface area contributed by atoms with Gasteiger partial charge in [-0.05, 0) is 60.9 Å². The lowest BCUT2D eigenvalue weighted by Crippen LogP contribution is -2.24. The molecule has 2 amide bonds. The van der Waals surface area contributed by atoms with E-state index in [9.17, 15) is 9.90 Å². The van der Waals surface area contributed by atoms with Crippen LogP contribution >= 0.6 is 46.5 Å². The molecular formula is C20H26Cl2N2O2S2. The van der Waals surface area contributed by atoms with Crippen molar-refractivity contribution in [2.75, 3.05) is 5.32 Å². The maximum atomic E-state index is 12.6. The zero-order chi connectivity index (χ0) is 21.2. The van der Waals surface area contributed by atoms with Crippen molar-refractivity contribution < 1.29 is 9.90 Å². The van der Waals surface area contributed by atoms with Crippen LogP contribution in [0.2, 0.25) is 9.36 Å². The third-order valence-corrected chi connectivity index (χ3v) is 6.82. The van der Waals surface area contributed by atoms with Crippen LogP contribution in [-0.4, -0.2) is 11.1 Å². The van der Waals surface area contributed by atoms with Crippen LogP contribution < -0.4 is 10.0 Å². The Morgan fingerprint density at radius 1 is 1.18 bits per heavy atom. The molecule has 0 aliphatic carbocycles. The lowest BCUT2D eigenvalue weighted by atomic mass is 9.92. The molecule has 2 aromatic rings. The fourth-order valence-corrected chi connectivity index (χ4v) is 5.63. The predicted octanol–water partition coefficient (Wildman–Crippen LogP) is 7.36. The van der Waals surface area contributed by atoms with E-state index in [0.29, 0.717) is 14.9 Å². The SMILES string of the molecule is CC(C)c1ccc(Cl)c(C(C)C)c1NC(=O)NSc1cc(C(C)(C)O)c(Cl)s1. The van der Waals surface area contributed by atoms with E-state index in [0.717, 1.165) is 33.0 Å². The summed E-state index contributed by atoms with van der Waals surface area (Å²) < 4.78 is 4.08. The molecule has 0 aliphatic heterocycles. The molecule has 8 heteroatoms. The smallest absolute Gasteiger partial charge is 0.329 e. The third-order valence-electron chi connectivity index (χ3n) is 4.23. The van der Waals surface area contributed by atoms with Crippen molar-refractivity contribution >= 4 is 58.2 Å². The zero-order valence-electron chi connectivity index (χ0n) is 16.8. The summed E-state index contributed by atoms with van der Waals surface area (Å²) in [6.07, 6.45) is 0. The molecule has 0 bridgehead atoms. The van der Waals surface area contributed by atoms with E-state index in [2.05, 4.69) is 37.7 Å². The Hall–Kier alpha value is -0.920. The van der Waals surface area contributed by atoms with Crippen LogP contribution in [0.1, 0.15) is 70.1 Å². The van der Waals surface area contributed by atoms with Crippen LogP contribution in [0.15, 0.2) is 22.4 Å². The Morgan fingerprint density at radius 2 is 1.82 bits per heavy atom. The maximum absolute atomic E-state index is 12.6. The van der Waals surface area contributed by atoms with Gasteiger partial charge in [-0.3, -0.25) is 4.72 Å². The normalized spacial score (nSPS) is 12.0. The summed E-state index contributed by atoms with van der Waals surface area (Å²) in [4.78, 5) is 12.6. The molecule has 0 aliphatic rings. The quantitative estimate of drug-likeness (QED) is 0.394. The number of hydrogen-bond donors (Lipinski definition) is 3. The van der Waals surface area contributed by atoms with Gasteiger partial charge in [0.25, 0.3) is 0 Å². The van der Waals surface area contributed by atoms with Gasteiger partial charge in [-0.1, -0.05) is 57.0 Å². The lowest BCUT2D eigenvalue weighted by molar-refractivity contribution is 0.0790. The number of amides is 2. The molecule has 0 unspecified atom stereocenters. The number of carbonyl (C=O) groups is 1. The van der Waals surface area contributed by atoms with Gasteiger partial charge in [0, 0.05) is 10.6 Å². The Kier molecular flexibility index (Phi) is 7.73. The first-order chi connectivity index (χ1) is 12.9. The summed E-state index contributed by atoms with van der Waals surface area (Å²) in [5, 5.41) is 13.8. The van der Waals surface area contributed by atoms with Crippen LogP contribution in [0, 0.1) is 0 Å². The molecule has 3 N–H and O–H groups in total. The predicted molar refractivity (Wildman–Crippen MR) is 122 cm³/mol. The molecule has 154 valence electrons. The third kappa shape index (κ3) is 5.57. The van der Waals surface area contributed by atoms with Gasteiger partial charge in [-0.15, -0.1) is 11.3 Å². The summed E-state index contributed by atoms with van der Waals surface area (Å²) in [7, 11) is 0. The molecular weight excluding hydrogens is 435 g/mol. The molecule has 4 nitrogen and oxygen atoms in total. The number of hydrogen-bond acceptors (Lipinski definition) is 4. The van der Waals surface area contributed by atoms with Crippen LogP contribution in [0.4, 0.5) is 10.5 Å². The summed E-state index contributed by atoms with van der Waals surface area (Å²) >= 11 is 15.1. The first-order valence-electron chi connectivity index (χ1n) is 9.00. The number of anilines is 1. The van der Waals surface area contributed by atoms with Crippen LogP contribution in [-0.2, 0) is 5.60 Å². The number of nitrogens with one attached hydrogen (secondary N) is 2. The van der Waals surface area contributed by atoms with Gasteiger partial charge < -0.3 is 10.4 Å². The largest absolute Gasteiger partial charge is 0.386 e. The number of halogens is 2. The van der Waals surface area contributed by atoms with Crippen molar-refractivity contribution in [3.05, 3.63) is 44.2 Å². The fourth-order valence-electron chi connectivity index (χ4n) is 2.85. The summed E-state index contributed by atoms with van der Waals surface area (Å²) in [6.45, 7) is 11.6. The van der Waals surface area contributed by atoms with Crippen molar-refractivity contribution in [1.29, 1.82) is 0 Å². The number of benzene rings is 1. The standard InChI is InChI=1S/C20H26Cl2N2O2S2/c1-10(2)12-7-8-14(21)16(11(3)4)17(12)23-19(25)24-28-15-9-13(18(22)27-15)20(5,6)26/h7-11,26H,1-6H3,(H2,23,24,25). The summed E-state index contributed by atoms with van der Waals surface area (Å²) in [5.41, 5.74) is 2.33. The highest BCUT2D eigenvalue weighted by molar-refractivity contribution is 7.99. The summed E-state index contributed by atoms with van der Waals surface area (Å²) in [5.74, 6) is 0.405. The van der Waals surface area contributed by atoms with Gasteiger partial charge in [0.1, 0.15) is 4.34 Å². The molecule has 0 fully saturated rings. The highest BCUT2D eigenvalue weighted by Gasteiger charge is 2.23. The Labute approximate surface area is 185 Å². The Balaban J connectivity index is 2.19. The minimum absolute atomic E-state index is 0.166. The minimum Gasteiger partial charge on any atom is -0.386 e. The first-order valence-corrected chi connectivity index (χ1v) is 11.4. The van der Waals surface area contributed by atoms with Crippen LogP contribution in [0.3, 0.4) is 0 Å². The molecule has 0 saturated heterocycles. The molecule has 28 heavy (non-hydrogen) atoms. The van der Waals surface area contributed by atoms with Crippen molar-refractivity contribution in [1.82, 2.24) is 4.72 Å². The topological polar surface area (TPSA) is 61.4 Å². The van der Waals surface area contributed by atoms with E-state index in [-0.39, 0.29) is 17.9 Å². The van der Waals surface area contributed by atoms with Gasteiger partial charge in [-0.25, -0.2) is 4.79 Å². The highest BCUT2D eigenvalue weighted by Crippen LogP contribution is 2.39. The second-order valence-corrected chi connectivity index (χ2v) is 10.9. The zero-order valence-corrected chi connectivity index (χ0v) is 20.0. The van der Waals surface area contributed by atoms with Gasteiger partial charge in [0.15, 0.2) is 0 Å². The molecule has 1 heterocycles. The summed E-state index contributed by atoms with van der Waals surface area (Å²) in [6, 6.07) is 5.29. The van der Waals surface area contributed by atoms with Gasteiger partial charge in [-0.2, -0.15) is 0 Å². The highest BCUT2D eigenvalue weighted by atomic mass is 35.5. The number of thiophene rings is 1. The van der Waals surface area contributed by atoms with Gasteiger partial charge in [0.05, 0.1) is 15.5 Å².